The van der Waals surface area contributed by atoms with Crippen LogP contribution in [0.3, 0.4) is 0 Å². The molecule has 2 bridgehead atoms. The van der Waals surface area contributed by atoms with Crippen LogP contribution in [0, 0.1) is 5.82 Å². The molecule has 33 heavy (non-hydrogen) atoms. The second-order valence-corrected chi connectivity index (χ2v) is 9.27. The molecule has 0 saturated carbocycles. The van der Waals surface area contributed by atoms with Gasteiger partial charge in [-0.1, -0.05) is 66.7 Å². The van der Waals surface area contributed by atoms with Gasteiger partial charge < -0.3 is 4.74 Å². The molecule has 3 aromatic carbocycles. The van der Waals surface area contributed by atoms with Crippen LogP contribution in [0.25, 0.3) is 16.7 Å². The van der Waals surface area contributed by atoms with Crippen molar-refractivity contribution in [3.05, 3.63) is 101 Å². The minimum Gasteiger partial charge on any atom is -0.448 e. The molecule has 1 fully saturated rings. The van der Waals surface area contributed by atoms with Crippen molar-refractivity contribution >= 4 is 11.7 Å². The summed E-state index contributed by atoms with van der Waals surface area (Å²) in [5.74, 6) is -0.160. The summed E-state index contributed by atoms with van der Waals surface area (Å²) < 4.78 is 19.3. The summed E-state index contributed by atoms with van der Waals surface area (Å²) in [6.07, 6.45) is 5.76. The average Bonchev–Trinajstić information content (AvgIpc) is 3.16. The fourth-order valence-corrected chi connectivity index (χ4v) is 5.86. The Kier molecular flexibility index (Phi) is 5.01. The molecule has 3 nitrogen and oxygen atoms in total. The number of amides is 1. The Balaban J connectivity index is 1.22. The van der Waals surface area contributed by atoms with Crippen LogP contribution < -0.4 is 0 Å². The number of hydrogen-bond donors (Lipinski definition) is 0. The molecular weight excluding hydrogens is 413 g/mol. The maximum Gasteiger partial charge on any atom is 0.410 e. The zero-order valence-corrected chi connectivity index (χ0v) is 18.4. The van der Waals surface area contributed by atoms with Crippen molar-refractivity contribution in [1.82, 2.24) is 4.90 Å². The van der Waals surface area contributed by atoms with Gasteiger partial charge in [-0.2, -0.15) is 0 Å². The van der Waals surface area contributed by atoms with E-state index in [-0.39, 0.29) is 29.9 Å². The quantitative estimate of drug-likeness (QED) is 0.450. The molecule has 2 heterocycles. The highest BCUT2D eigenvalue weighted by Gasteiger charge is 2.39. The van der Waals surface area contributed by atoms with Gasteiger partial charge in [-0.15, -0.1) is 0 Å². The molecule has 0 spiro atoms. The maximum atomic E-state index is 13.4. The van der Waals surface area contributed by atoms with Gasteiger partial charge in [0, 0.05) is 12.0 Å². The fourth-order valence-electron chi connectivity index (χ4n) is 5.86. The molecular formula is C29H26FNO2. The predicted octanol–water partition coefficient (Wildman–Crippen LogP) is 6.79. The van der Waals surface area contributed by atoms with Crippen molar-refractivity contribution in [1.29, 1.82) is 0 Å². The van der Waals surface area contributed by atoms with Crippen LogP contribution in [0.15, 0.2) is 78.9 Å². The number of carbonyl (C=O) groups is 1. The number of halogens is 1. The molecule has 6 rings (SSSR count). The van der Waals surface area contributed by atoms with Crippen LogP contribution in [0.5, 0.6) is 0 Å². The van der Waals surface area contributed by atoms with Gasteiger partial charge in [0.2, 0.25) is 0 Å². The van der Waals surface area contributed by atoms with Crippen molar-refractivity contribution in [2.45, 2.75) is 43.7 Å². The van der Waals surface area contributed by atoms with Crippen LogP contribution in [0.2, 0.25) is 0 Å². The number of rotatable bonds is 3. The number of piperidine rings is 1. The molecule has 4 heteroatoms. The molecule has 2 unspecified atom stereocenters. The molecule has 1 aliphatic carbocycles. The van der Waals surface area contributed by atoms with E-state index < -0.39 is 0 Å². The van der Waals surface area contributed by atoms with Crippen LogP contribution in [-0.4, -0.2) is 29.7 Å². The largest absolute Gasteiger partial charge is 0.448 e. The van der Waals surface area contributed by atoms with Gasteiger partial charge in [0.25, 0.3) is 0 Å². The van der Waals surface area contributed by atoms with E-state index in [9.17, 15) is 9.18 Å². The summed E-state index contributed by atoms with van der Waals surface area (Å²) in [6, 6.07) is 23.6. The minimum atomic E-state index is -0.226. The molecule has 166 valence electrons. The smallest absolute Gasteiger partial charge is 0.410 e. The number of ether oxygens (including phenoxy) is 1. The van der Waals surface area contributed by atoms with Gasteiger partial charge in [-0.25, -0.2) is 9.18 Å². The highest BCUT2D eigenvalue weighted by atomic mass is 19.1. The van der Waals surface area contributed by atoms with Crippen LogP contribution in [0.1, 0.15) is 48.3 Å². The molecule has 0 aromatic heterocycles. The molecule has 2 atom stereocenters. The highest BCUT2D eigenvalue weighted by Crippen LogP contribution is 2.45. The molecule has 0 N–H and O–H groups in total. The van der Waals surface area contributed by atoms with E-state index in [2.05, 4.69) is 54.6 Å². The van der Waals surface area contributed by atoms with Crippen molar-refractivity contribution < 1.29 is 13.9 Å². The lowest BCUT2D eigenvalue weighted by atomic mass is 9.83. The van der Waals surface area contributed by atoms with E-state index in [4.69, 9.17) is 4.74 Å². The van der Waals surface area contributed by atoms with Gasteiger partial charge in [0.05, 0.1) is 6.04 Å². The Hall–Kier alpha value is -3.40. The number of hydrogen-bond acceptors (Lipinski definition) is 2. The Morgan fingerprint density at radius 2 is 1.58 bits per heavy atom. The van der Waals surface area contributed by atoms with E-state index in [1.165, 1.54) is 40.0 Å². The van der Waals surface area contributed by atoms with Crippen LogP contribution in [0.4, 0.5) is 9.18 Å². The van der Waals surface area contributed by atoms with Gasteiger partial charge in [0.1, 0.15) is 12.4 Å². The Labute approximate surface area is 193 Å². The first-order chi connectivity index (χ1) is 16.2. The zero-order chi connectivity index (χ0) is 22.4. The van der Waals surface area contributed by atoms with Gasteiger partial charge in [-0.3, -0.25) is 4.90 Å². The number of benzene rings is 3. The first kappa shape index (κ1) is 20.2. The van der Waals surface area contributed by atoms with E-state index in [0.29, 0.717) is 6.61 Å². The second-order valence-electron chi connectivity index (χ2n) is 9.27. The highest BCUT2D eigenvalue weighted by molar-refractivity contribution is 5.79. The lowest BCUT2D eigenvalue weighted by molar-refractivity contribution is 0.0539. The molecule has 3 aliphatic rings. The van der Waals surface area contributed by atoms with Gasteiger partial charge in [0.15, 0.2) is 0 Å². The third-order valence-corrected chi connectivity index (χ3v) is 7.40. The lowest BCUT2D eigenvalue weighted by Crippen LogP contribution is -2.51. The van der Waals surface area contributed by atoms with Crippen molar-refractivity contribution in [3.63, 3.8) is 0 Å². The Bertz CT molecular complexity index is 1190. The predicted molar refractivity (Wildman–Crippen MR) is 127 cm³/mol. The van der Waals surface area contributed by atoms with Gasteiger partial charge in [-0.05, 0) is 71.2 Å². The van der Waals surface area contributed by atoms with Crippen LogP contribution >= 0.6 is 0 Å². The Morgan fingerprint density at radius 3 is 2.24 bits per heavy atom. The first-order valence-corrected chi connectivity index (χ1v) is 11.8. The third kappa shape index (κ3) is 3.54. The first-order valence-electron chi connectivity index (χ1n) is 11.8. The molecule has 0 radical (unpaired) electrons. The maximum absolute atomic E-state index is 13.4. The van der Waals surface area contributed by atoms with E-state index in [1.54, 1.807) is 0 Å². The molecule has 2 aliphatic heterocycles. The van der Waals surface area contributed by atoms with E-state index >= 15 is 0 Å². The van der Waals surface area contributed by atoms with Crippen molar-refractivity contribution in [2.24, 2.45) is 0 Å². The van der Waals surface area contributed by atoms with Crippen molar-refractivity contribution in [3.8, 4) is 11.1 Å². The monoisotopic (exact) mass is 439 g/mol. The summed E-state index contributed by atoms with van der Waals surface area (Å²) in [6.45, 7) is 0.345. The number of carbonyl (C=O) groups excluding carboxylic acids is 1. The normalized spacial score (nSPS) is 21.2. The Morgan fingerprint density at radius 1 is 0.909 bits per heavy atom. The minimum absolute atomic E-state index is 0.0354. The average molecular weight is 440 g/mol. The third-order valence-electron chi connectivity index (χ3n) is 7.40. The SMILES string of the molecule is O=C(OCC1c2ccccc2-c2ccccc21)N1C2C=C(c3ccc(F)cc3)CC1CCC2. The van der Waals surface area contributed by atoms with Crippen LogP contribution in [-0.2, 0) is 4.74 Å². The molecule has 3 aromatic rings. The summed E-state index contributed by atoms with van der Waals surface area (Å²) in [4.78, 5) is 15.3. The summed E-state index contributed by atoms with van der Waals surface area (Å²) in [7, 11) is 0. The van der Waals surface area contributed by atoms with E-state index in [1.807, 2.05) is 17.0 Å². The number of fused-ring (bicyclic) bond motifs is 5. The molecule has 1 saturated heterocycles. The summed E-state index contributed by atoms with van der Waals surface area (Å²) in [5.41, 5.74) is 7.16. The fraction of sp³-hybridized carbons (Fsp3) is 0.276. The summed E-state index contributed by atoms with van der Waals surface area (Å²) >= 11 is 0. The zero-order valence-electron chi connectivity index (χ0n) is 18.4. The van der Waals surface area contributed by atoms with Gasteiger partial charge >= 0.3 is 6.09 Å². The standard InChI is InChI=1S/C29H26FNO2/c30-21-14-12-19(13-15-21)20-16-22-6-5-7-23(17-20)31(22)29(32)33-18-28-26-10-3-1-8-24(26)25-9-2-4-11-27(25)28/h1-4,8-16,22-23,28H,5-7,17-18H2. The second kappa shape index (κ2) is 8.18. The van der Waals surface area contributed by atoms with Crippen molar-refractivity contribution in [2.75, 3.05) is 6.61 Å². The lowest BCUT2D eigenvalue weighted by Gasteiger charge is -2.44. The summed E-state index contributed by atoms with van der Waals surface area (Å²) in [5, 5.41) is 0. The van der Waals surface area contributed by atoms with E-state index in [0.717, 1.165) is 31.2 Å². The molecule has 1 amide bonds. The number of nitrogens with zero attached hydrogens (tertiary/aromatic N) is 1. The topological polar surface area (TPSA) is 29.5 Å².